The van der Waals surface area contributed by atoms with Crippen LogP contribution in [0.2, 0.25) is 0 Å². The molecule has 1 nitrogen and oxygen atoms in total. The fourth-order valence-corrected chi connectivity index (χ4v) is 4.40. The largest absolute Gasteiger partial charge is 0.388 e. The molecule has 1 aliphatic carbocycles. The minimum absolute atomic E-state index is 0.325. The normalized spacial score (nSPS) is 19.1. The van der Waals surface area contributed by atoms with E-state index in [2.05, 4.69) is 66.2 Å². The number of unbranched alkanes of at least 4 members (excludes halogenated alkanes) is 3. The van der Waals surface area contributed by atoms with Gasteiger partial charge in [-0.25, -0.2) is 0 Å². The zero-order valence-corrected chi connectivity index (χ0v) is 17.4. The fourth-order valence-electron chi connectivity index (χ4n) is 3.61. The maximum atomic E-state index is 10.3. The monoisotopic (exact) mass is 404 g/mol. The van der Waals surface area contributed by atoms with Gasteiger partial charge >= 0.3 is 0 Å². The van der Waals surface area contributed by atoms with Crippen LogP contribution in [0, 0.1) is 5.92 Å². The number of hydrogen-bond acceptors (Lipinski definition) is 1. The zero-order valence-electron chi connectivity index (χ0n) is 15.8. The molecule has 0 bridgehead atoms. The molecule has 0 saturated heterocycles. The van der Waals surface area contributed by atoms with Crippen LogP contribution >= 0.6 is 15.9 Å². The molecule has 1 aromatic rings. The van der Waals surface area contributed by atoms with Gasteiger partial charge in [-0.2, -0.15) is 0 Å². The summed E-state index contributed by atoms with van der Waals surface area (Å²) in [6.45, 7) is 4.42. The number of halogens is 1. The van der Waals surface area contributed by atoms with Gasteiger partial charge in [-0.15, -0.1) is 0 Å². The van der Waals surface area contributed by atoms with Crippen LogP contribution in [-0.2, 0) is 0 Å². The molecule has 1 N–H and O–H groups in total. The first-order chi connectivity index (χ1) is 12.2. The van der Waals surface area contributed by atoms with Gasteiger partial charge in [0.05, 0.1) is 6.10 Å². The zero-order chi connectivity index (χ0) is 18.1. The van der Waals surface area contributed by atoms with Crippen LogP contribution in [0.1, 0.15) is 88.9 Å². The summed E-state index contributed by atoms with van der Waals surface area (Å²) in [7, 11) is 0. The van der Waals surface area contributed by atoms with Gasteiger partial charge in [0, 0.05) is 0 Å². The molecule has 0 heterocycles. The third-order valence-electron chi connectivity index (χ3n) is 5.14. The summed E-state index contributed by atoms with van der Waals surface area (Å²) in [6, 6.07) is 8.62. The van der Waals surface area contributed by atoms with Crippen LogP contribution in [0.15, 0.2) is 40.9 Å². The van der Waals surface area contributed by atoms with Crippen LogP contribution < -0.4 is 0 Å². The van der Waals surface area contributed by atoms with Crippen molar-refractivity contribution in [2.75, 3.05) is 0 Å². The topological polar surface area (TPSA) is 20.2 Å². The molecule has 0 aliphatic heterocycles. The van der Waals surface area contributed by atoms with E-state index in [-0.39, 0.29) is 6.10 Å². The molecule has 138 valence electrons. The predicted octanol–water partition coefficient (Wildman–Crippen LogP) is 7.56. The lowest BCUT2D eigenvalue weighted by atomic mass is 9.91. The number of hydrogen-bond donors (Lipinski definition) is 1. The first-order valence-corrected chi connectivity index (χ1v) is 10.8. The number of aliphatic hydroxyl groups is 1. The van der Waals surface area contributed by atoms with Crippen molar-refractivity contribution in [2.24, 2.45) is 5.92 Å². The minimum Gasteiger partial charge on any atom is -0.388 e. The summed E-state index contributed by atoms with van der Waals surface area (Å²) in [5.41, 5.74) is 3.82. The van der Waals surface area contributed by atoms with Crippen molar-refractivity contribution in [3.05, 3.63) is 52.0 Å². The minimum atomic E-state index is -0.325. The van der Waals surface area contributed by atoms with Gasteiger partial charge in [0.25, 0.3) is 0 Å². The van der Waals surface area contributed by atoms with Gasteiger partial charge in [-0.05, 0) is 59.2 Å². The van der Waals surface area contributed by atoms with Gasteiger partial charge in [0.1, 0.15) is 0 Å². The van der Waals surface area contributed by atoms with E-state index in [0.717, 1.165) is 31.2 Å². The van der Waals surface area contributed by atoms with Crippen LogP contribution in [-0.4, -0.2) is 5.11 Å². The van der Waals surface area contributed by atoms with Crippen LogP contribution in [0.3, 0.4) is 0 Å². The quantitative estimate of drug-likeness (QED) is 0.314. The molecule has 0 fully saturated rings. The standard InChI is InChI=1S/C23H33BrO/c1-3-5-7-9-10-19-16-17-21(24)23(19)20-14-12-18(13-15-20)22(25)11-8-6-4-2/h7,9,12-15,19,22,25H,3-6,8,10-11,16-17H2,1-2H3/b9-7-/t19-,22?/m0/s1. The molecular weight excluding hydrogens is 372 g/mol. The second-order valence-electron chi connectivity index (χ2n) is 7.18. The Morgan fingerprint density at radius 1 is 1.12 bits per heavy atom. The molecule has 0 amide bonds. The van der Waals surface area contributed by atoms with Crippen LogP contribution in [0.5, 0.6) is 0 Å². The van der Waals surface area contributed by atoms with Gasteiger partial charge < -0.3 is 5.11 Å². The van der Waals surface area contributed by atoms with Crippen molar-refractivity contribution >= 4 is 21.5 Å². The molecule has 1 aromatic carbocycles. The van der Waals surface area contributed by atoms with Gasteiger partial charge in [0.2, 0.25) is 0 Å². The lowest BCUT2D eigenvalue weighted by Crippen LogP contribution is -2.00. The van der Waals surface area contributed by atoms with E-state index in [1.54, 1.807) is 0 Å². The van der Waals surface area contributed by atoms with Crippen LogP contribution in [0.25, 0.3) is 5.57 Å². The highest BCUT2D eigenvalue weighted by molar-refractivity contribution is 9.11. The lowest BCUT2D eigenvalue weighted by Gasteiger charge is -2.16. The van der Waals surface area contributed by atoms with Crippen molar-refractivity contribution in [2.45, 2.75) is 77.7 Å². The second kappa shape index (κ2) is 11.0. The molecule has 1 unspecified atom stereocenters. The Balaban J connectivity index is 2.02. The summed E-state index contributed by atoms with van der Waals surface area (Å²) in [6.07, 6.45) is 14.6. The van der Waals surface area contributed by atoms with Gasteiger partial charge in [-0.3, -0.25) is 0 Å². The predicted molar refractivity (Wildman–Crippen MR) is 113 cm³/mol. The molecule has 2 rings (SSSR count). The number of benzene rings is 1. The average Bonchev–Trinajstić information content (AvgIpc) is 2.99. The van der Waals surface area contributed by atoms with Crippen molar-refractivity contribution in [1.82, 2.24) is 0 Å². The van der Waals surface area contributed by atoms with Crippen molar-refractivity contribution in [1.29, 1.82) is 0 Å². The third-order valence-corrected chi connectivity index (χ3v) is 5.97. The first kappa shape index (κ1) is 20.5. The number of allylic oxidation sites excluding steroid dienone is 4. The van der Waals surface area contributed by atoms with E-state index in [0.29, 0.717) is 5.92 Å². The van der Waals surface area contributed by atoms with E-state index >= 15 is 0 Å². The van der Waals surface area contributed by atoms with Crippen molar-refractivity contribution in [3.8, 4) is 0 Å². The molecular formula is C23H33BrO. The third kappa shape index (κ3) is 6.11. The Kier molecular flexibility index (Phi) is 8.98. The summed E-state index contributed by atoms with van der Waals surface area (Å²) < 4.78 is 1.36. The molecule has 0 aromatic heterocycles. The molecule has 0 spiro atoms. The van der Waals surface area contributed by atoms with E-state index in [4.69, 9.17) is 0 Å². The first-order valence-electron chi connectivity index (χ1n) is 9.99. The number of rotatable bonds is 10. The highest BCUT2D eigenvalue weighted by Gasteiger charge is 2.24. The highest BCUT2D eigenvalue weighted by atomic mass is 79.9. The Labute approximate surface area is 162 Å². The molecule has 25 heavy (non-hydrogen) atoms. The summed E-state index contributed by atoms with van der Waals surface area (Å²) in [5, 5.41) is 10.3. The summed E-state index contributed by atoms with van der Waals surface area (Å²) in [4.78, 5) is 0. The Morgan fingerprint density at radius 3 is 2.56 bits per heavy atom. The Hall–Kier alpha value is -0.860. The SMILES string of the molecule is CCC/C=C\C[C@H]1CCC(Br)=C1c1ccc(C(O)CCCCC)cc1. The molecule has 0 radical (unpaired) electrons. The van der Waals surface area contributed by atoms with Crippen LogP contribution in [0.4, 0.5) is 0 Å². The summed E-state index contributed by atoms with van der Waals surface area (Å²) >= 11 is 3.80. The summed E-state index contributed by atoms with van der Waals surface area (Å²) in [5.74, 6) is 0.614. The highest BCUT2D eigenvalue weighted by Crippen LogP contribution is 2.43. The molecule has 1 aliphatic rings. The average molecular weight is 405 g/mol. The molecule has 0 saturated carbocycles. The van der Waals surface area contributed by atoms with E-state index in [9.17, 15) is 5.11 Å². The van der Waals surface area contributed by atoms with E-state index in [1.807, 2.05) is 0 Å². The van der Waals surface area contributed by atoms with Gasteiger partial charge in [0.15, 0.2) is 0 Å². The maximum absolute atomic E-state index is 10.3. The lowest BCUT2D eigenvalue weighted by molar-refractivity contribution is 0.163. The second-order valence-corrected chi connectivity index (χ2v) is 8.14. The van der Waals surface area contributed by atoms with E-state index < -0.39 is 0 Å². The Morgan fingerprint density at radius 2 is 1.88 bits per heavy atom. The Bertz CT molecular complexity index is 570. The maximum Gasteiger partial charge on any atom is 0.0790 e. The molecule has 2 heteroatoms. The van der Waals surface area contributed by atoms with Crippen molar-refractivity contribution in [3.63, 3.8) is 0 Å². The smallest absolute Gasteiger partial charge is 0.0790 e. The van der Waals surface area contributed by atoms with Crippen molar-refractivity contribution < 1.29 is 5.11 Å². The molecule has 2 atom stereocenters. The van der Waals surface area contributed by atoms with Gasteiger partial charge in [-0.1, -0.05) is 91.9 Å². The fraction of sp³-hybridized carbons (Fsp3) is 0.565. The number of aliphatic hydroxyl groups excluding tert-OH is 1. The van der Waals surface area contributed by atoms with E-state index in [1.165, 1.54) is 47.7 Å².